The zero-order valence-corrected chi connectivity index (χ0v) is 44.2. The molecule has 0 fully saturated rings. The molecule has 0 aliphatic carbocycles. The third kappa shape index (κ3) is 8.67. The van der Waals surface area contributed by atoms with Crippen LogP contribution in [-0.2, 0) is 0 Å². The van der Waals surface area contributed by atoms with Gasteiger partial charge in [0.15, 0.2) is 0 Å². The van der Waals surface area contributed by atoms with E-state index >= 15 is 8.78 Å². The minimum Gasteiger partial charge on any atom is -0.307 e. The molecule has 0 unspecified atom stereocenters. The van der Waals surface area contributed by atoms with Gasteiger partial charge in [-0.1, -0.05) is 233 Å². The third-order valence-electron chi connectivity index (χ3n) is 13.7. The molecule has 12 aromatic rings. The van der Waals surface area contributed by atoms with E-state index in [1.54, 1.807) is 46.2 Å². The maximum atomic E-state index is 18.8. The molecule has 12 aromatic carbocycles. The van der Waals surface area contributed by atoms with E-state index in [9.17, 15) is 5.48 Å². The van der Waals surface area contributed by atoms with Gasteiger partial charge < -0.3 is 9.80 Å². The number of halogens is 2. The number of hydrogen-bond donors (Lipinski definition) is 0. The highest BCUT2D eigenvalue weighted by Crippen LogP contribution is 2.52. The van der Waals surface area contributed by atoms with E-state index in [-0.39, 0.29) is 33.6 Å². The van der Waals surface area contributed by atoms with Crippen LogP contribution >= 0.6 is 0 Å². The Labute approximate surface area is 475 Å². The SMILES string of the molecule is [2H]c1c([2H])c([2H])c(-c2cc(F)c(N(c3ccccc3[Si](C)(C)C)c3ccc4ccc5c(N(c6ccccc6[Si](C)(C)C)c6c(F)cc(-c7c([2H])c([2H])c([2H])c([2H])c7[2H])cc6-c6c([2H])c([2H])c([2H])c([2H])c6[2H])ccc6ccc3c4c65)c(-c3c([2H])c([2H])c([2H])c([2H])c3[2H])c2)c([2H])c1[2H]. The third-order valence-corrected chi connectivity index (χ3v) is 17.8. The molecular weight excluding hydrogens is 963 g/mol. The van der Waals surface area contributed by atoms with Gasteiger partial charge in [0.1, 0.15) is 11.6 Å². The summed E-state index contributed by atoms with van der Waals surface area (Å²) in [4.78, 5) is 3.26. The van der Waals surface area contributed by atoms with Gasteiger partial charge in [0.05, 0.1) is 66.3 Å². The first-order valence-electron chi connectivity index (χ1n) is 34.6. The lowest BCUT2D eigenvalue weighted by Gasteiger charge is -2.35. The quantitative estimate of drug-likeness (QED) is 0.0889. The Morgan fingerprint density at radius 1 is 0.342 bits per heavy atom. The summed E-state index contributed by atoms with van der Waals surface area (Å²) in [6.45, 7) is 12.5. The molecule has 0 spiro atoms. The standard InChI is InChI=1S/C70H58F2N2Si2/c1-75(2,3)65-33-21-19-31-63(65)73(69-57(49-27-15-9-16-28-49)43-53(45-59(69)71)47-23-11-7-12-24-47)61-41-37-51-36-40-56-62(42-38-52-35-39-55(61)67(51)68(52)56)74(64-32-20-22-34-66(64)76(4,5)6)70-58(50-29-17-10-18-30-50)44-54(46-60(70)72)48-25-13-8-14-26-48/h7-46H,1-6H3/i7D,8D,9D,10D,11D,12D,13D,14D,15D,16D,17D,18D,23D,24D,25D,26D,27D,28D,29D,30D. The number of rotatable bonds is 12. The maximum absolute atomic E-state index is 18.8. The summed E-state index contributed by atoms with van der Waals surface area (Å²) in [6, 6.07) is 19.6. The maximum Gasteiger partial charge on any atom is 0.148 e. The minimum atomic E-state index is -2.55. The van der Waals surface area contributed by atoms with Crippen LogP contribution < -0.4 is 20.2 Å². The van der Waals surface area contributed by atoms with Crippen LogP contribution in [0.1, 0.15) is 27.4 Å². The molecule has 0 atom stereocenters. The summed E-state index contributed by atoms with van der Waals surface area (Å²) in [7, 11) is -5.09. The van der Waals surface area contributed by atoms with Crippen molar-refractivity contribution >= 4 is 93.0 Å². The summed E-state index contributed by atoms with van der Waals surface area (Å²) < 4.78 is 215. The van der Waals surface area contributed by atoms with Gasteiger partial charge >= 0.3 is 0 Å². The van der Waals surface area contributed by atoms with Crippen LogP contribution in [0.25, 0.3) is 76.8 Å². The number of nitrogens with zero attached hydrogens (tertiary/aromatic N) is 2. The summed E-state index contributed by atoms with van der Waals surface area (Å²) in [5.41, 5.74) is -1.88. The Morgan fingerprint density at radius 3 is 1.03 bits per heavy atom. The molecule has 0 N–H and O–H groups in total. The Kier molecular flexibility index (Phi) is 7.85. The fourth-order valence-corrected chi connectivity index (χ4v) is 13.5. The summed E-state index contributed by atoms with van der Waals surface area (Å²) in [5, 5.41) is 5.05. The summed E-state index contributed by atoms with van der Waals surface area (Å²) in [6.07, 6.45) is 0. The van der Waals surface area contributed by atoms with Crippen molar-refractivity contribution in [3.63, 3.8) is 0 Å². The average Bonchev–Trinajstić information content (AvgIpc) is 0.715. The van der Waals surface area contributed by atoms with Crippen molar-refractivity contribution < 1.29 is 36.2 Å². The van der Waals surface area contributed by atoms with Crippen LogP contribution in [0.3, 0.4) is 0 Å². The molecule has 0 saturated carbocycles. The predicted octanol–water partition coefficient (Wildman–Crippen LogP) is 19.6. The van der Waals surface area contributed by atoms with Gasteiger partial charge in [-0.25, -0.2) is 8.78 Å². The van der Waals surface area contributed by atoms with E-state index in [1.807, 2.05) is 60.7 Å². The molecule has 2 nitrogen and oxygen atoms in total. The lowest BCUT2D eigenvalue weighted by Crippen LogP contribution is -2.40. The van der Waals surface area contributed by atoms with E-state index < -0.39 is 171 Å². The van der Waals surface area contributed by atoms with Crippen molar-refractivity contribution in [2.24, 2.45) is 0 Å². The molecule has 0 saturated heterocycles. The molecule has 0 amide bonds. The van der Waals surface area contributed by atoms with Gasteiger partial charge in [-0.3, -0.25) is 0 Å². The highest BCUT2D eigenvalue weighted by atomic mass is 28.3. The van der Waals surface area contributed by atoms with Crippen LogP contribution in [-0.4, -0.2) is 16.1 Å². The Morgan fingerprint density at radius 2 is 0.671 bits per heavy atom. The first kappa shape index (κ1) is 30.8. The van der Waals surface area contributed by atoms with Crippen LogP contribution in [0.2, 0.25) is 39.3 Å². The van der Waals surface area contributed by atoms with Crippen LogP contribution in [0.4, 0.5) is 42.9 Å². The van der Waals surface area contributed by atoms with Gasteiger partial charge in [-0.2, -0.15) is 0 Å². The van der Waals surface area contributed by atoms with Crippen molar-refractivity contribution in [2.75, 3.05) is 9.80 Å². The number of anilines is 6. The second-order valence-electron chi connectivity index (χ2n) is 20.5. The molecule has 0 aliphatic rings. The van der Waals surface area contributed by atoms with E-state index in [1.165, 1.54) is 12.1 Å². The first-order chi connectivity index (χ1) is 45.1. The Hall–Kier alpha value is -8.43. The number of para-hydroxylation sites is 2. The van der Waals surface area contributed by atoms with Crippen LogP contribution in [0.5, 0.6) is 0 Å². The van der Waals surface area contributed by atoms with E-state index in [0.717, 1.165) is 22.5 Å². The first-order valence-corrected chi connectivity index (χ1v) is 31.6. The molecular formula is C70H58F2N2Si2. The molecule has 0 bridgehead atoms. The predicted molar refractivity (Wildman–Crippen MR) is 327 cm³/mol. The zero-order chi connectivity index (χ0) is 69.7. The summed E-state index contributed by atoms with van der Waals surface area (Å²) >= 11 is 0. The van der Waals surface area contributed by atoms with E-state index in [2.05, 4.69) is 39.3 Å². The van der Waals surface area contributed by atoms with Gasteiger partial charge in [-0.15, -0.1) is 0 Å². The molecule has 0 heterocycles. The highest BCUT2D eigenvalue weighted by Gasteiger charge is 2.33. The normalized spacial score (nSPS) is 15.6. The average molecular weight is 1040 g/mol. The smallest absolute Gasteiger partial charge is 0.148 e. The molecule has 12 rings (SSSR count). The molecule has 0 aromatic heterocycles. The molecule has 6 heteroatoms. The molecule has 76 heavy (non-hydrogen) atoms. The van der Waals surface area contributed by atoms with Gasteiger partial charge in [0, 0.05) is 33.3 Å². The Balaban J connectivity index is 1.23. The van der Waals surface area contributed by atoms with Crippen molar-refractivity contribution in [2.45, 2.75) is 39.3 Å². The lowest BCUT2D eigenvalue weighted by molar-refractivity contribution is 0.629. The van der Waals surface area contributed by atoms with Crippen molar-refractivity contribution in [3.8, 4) is 44.5 Å². The van der Waals surface area contributed by atoms with Crippen molar-refractivity contribution in [3.05, 3.63) is 254 Å². The lowest BCUT2D eigenvalue weighted by atomic mass is 9.90. The monoisotopic (exact) mass is 1040 g/mol. The fourth-order valence-electron chi connectivity index (χ4n) is 10.4. The zero-order valence-electron chi connectivity index (χ0n) is 62.2. The highest BCUT2D eigenvalue weighted by molar-refractivity contribution is 6.90. The van der Waals surface area contributed by atoms with Gasteiger partial charge in [0.2, 0.25) is 0 Å². The topological polar surface area (TPSA) is 6.48 Å². The fraction of sp³-hybridized carbons (Fsp3) is 0.0857. The van der Waals surface area contributed by atoms with Gasteiger partial charge in [0.25, 0.3) is 0 Å². The number of benzene rings is 12. The van der Waals surface area contributed by atoms with Gasteiger partial charge in [-0.05, 0) is 114 Å². The van der Waals surface area contributed by atoms with Crippen LogP contribution in [0.15, 0.2) is 242 Å². The van der Waals surface area contributed by atoms with E-state index in [4.69, 9.17) is 21.9 Å². The largest absolute Gasteiger partial charge is 0.307 e. The second kappa shape index (κ2) is 19.4. The minimum absolute atomic E-state index is 0.244. The number of hydrogen-bond acceptors (Lipinski definition) is 2. The van der Waals surface area contributed by atoms with E-state index in [0.29, 0.717) is 55.1 Å². The Bertz CT molecular complexity index is 4900. The van der Waals surface area contributed by atoms with Crippen molar-refractivity contribution in [1.82, 2.24) is 0 Å². The molecule has 0 radical (unpaired) electrons. The second-order valence-corrected chi connectivity index (χ2v) is 30.6. The summed E-state index contributed by atoms with van der Waals surface area (Å²) in [5.74, 6) is -2.13. The van der Waals surface area contributed by atoms with Crippen molar-refractivity contribution in [1.29, 1.82) is 0 Å². The molecule has 0 aliphatic heterocycles. The van der Waals surface area contributed by atoms with Crippen LogP contribution in [0, 0.1) is 11.6 Å². The molecule has 370 valence electrons.